The van der Waals surface area contributed by atoms with Crippen LogP contribution in [0, 0.1) is 0 Å². The first-order valence-corrected chi connectivity index (χ1v) is 16.5. The molecule has 4 aromatic rings. The van der Waals surface area contributed by atoms with Gasteiger partial charge in [0.15, 0.2) is 0 Å². The van der Waals surface area contributed by atoms with E-state index in [0.29, 0.717) is 25.7 Å². The van der Waals surface area contributed by atoms with Crippen LogP contribution in [0.25, 0.3) is 11.3 Å². The molecule has 4 heterocycles. The lowest BCUT2D eigenvalue weighted by atomic mass is 9.95. The van der Waals surface area contributed by atoms with E-state index >= 15 is 0 Å². The zero-order valence-corrected chi connectivity index (χ0v) is 26.5. The van der Waals surface area contributed by atoms with E-state index in [4.69, 9.17) is 9.47 Å². The predicted molar refractivity (Wildman–Crippen MR) is 182 cm³/mol. The molecule has 0 spiro atoms. The predicted octanol–water partition coefficient (Wildman–Crippen LogP) is 5.83. The van der Waals surface area contributed by atoms with E-state index in [-0.39, 0.29) is 11.3 Å². The van der Waals surface area contributed by atoms with Crippen LogP contribution in [0.3, 0.4) is 0 Å². The molecule has 0 saturated carbocycles. The van der Waals surface area contributed by atoms with Crippen molar-refractivity contribution in [2.45, 2.75) is 45.1 Å². The number of benzene rings is 3. The number of para-hydroxylation sites is 1. The second-order valence-corrected chi connectivity index (χ2v) is 12.8. The highest BCUT2D eigenvalue weighted by Gasteiger charge is 2.24. The van der Waals surface area contributed by atoms with E-state index in [1.54, 1.807) is 13.0 Å². The Balaban J connectivity index is 0.963. The van der Waals surface area contributed by atoms with E-state index in [1.165, 1.54) is 5.56 Å². The van der Waals surface area contributed by atoms with Crippen LogP contribution in [0.2, 0.25) is 0 Å². The molecule has 3 aliphatic heterocycles. The van der Waals surface area contributed by atoms with Gasteiger partial charge in [0, 0.05) is 80.2 Å². The first-order valence-electron chi connectivity index (χ1n) is 16.5. The Bertz CT molecular complexity index is 1750. The number of hydrogen-bond acceptors (Lipinski definition) is 7. The third-order valence-electron chi connectivity index (χ3n) is 9.40. The number of aromatic nitrogens is 1. The molecule has 46 heavy (non-hydrogen) atoms. The molecule has 0 radical (unpaired) electrons. The molecule has 7 rings (SSSR count). The SMILES string of the molecule is CC(=O)Cc1ccc(CCN2CCC(Nc3ccc4c(c3)Cc3cccc(-c5cc(N6CCOCC6)cc(=O)[nH]5)c3O4)CC2)cc1. The number of likely N-dealkylation sites (tertiary alicyclic amines) is 1. The van der Waals surface area contributed by atoms with Crippen LogP contribution in [0.1, 0.15) is 42.0 Å². The average molecular weight is 619 g/mol. The number of anilines is 2. The van der Waals surface area contributed by atoms with Gasteiger partial charge >= 0.3 is 0 Å². The smallest absolute Gasteiger partial charge is 0.250 e. The molecule has 0 amide bonds. The zero-order valence-electron chi connectivity index (χ0n) is 26.5. The molecular weight excluding hydrogens is 576 g/mol. The van der Waals surface area contributed by atoms with E-state index in [0.717, 1.165) is 109 Å². The lowest BCUT2D eigenvalue weighted by molar-refractivity contribution is -0.116. The maximum Gasteiger partial charge on any atom is 0.250 e. The maximum atomic E-state index is 12.7. The molecule has 3 aromatic carbocycles. The van der Waals surface area contributed by atoms with Crippen molar-refractivity contribution >= 4 is 17.2 Å². The van der Waals surface area contributed by atoms with Crippen molar-refractivity contribution in [3.63, 3.8) is 0 Å². The van der Waals surface area contributed by atoms with Gasteiger partial charge in [-0.2, -0.15) is 0 Å². The number of nitrogens with zero attached hydrogens (tertiary/aromatic N) is 2. The highest BCUT2D eigenvalue weighted by molar-refractivity contribution is 5.78. The minimum Gasteiger partial charge on any atom is -0.456 e. The molecule has 0 aliphatic carbocycles. The number of piperidine rings is 1. The molecule has 0 unspecified atom stereocenters. The molecule has 1 aromatic heterocycles. The lowest BCUT2D eigenvalue weighted by Gasteiger charge is -2.33. The molecule has 8 nitrogen and oxygen atoms in total. The van der Waals surface area contributed by atoms with E-state index in [9.17, 15) is 9.59 Å². The first-order chi connectivity index (χ1) is 22.5. The Morgan fingerprint density at radius 2 is 1.70 bits per heavy atom. The standard InChI is InChI=1S/C38H42N4O4/c1-26(43)21-28-7-5-27(6-8-28)11-14-41-15-12-31(13-16-41)39-32-9-10-36-30(23-32)22-29-3-2-4-34(38(29)46-36)35-24-33(25-37(44)40-35)42-17-19-45-20-18-42/h2-10,23-25,31,39H,11-22H2,1H3,(H,40,44). The minimum absolute atomic E-state index is 0.119. The average Bonchev–Trinajstić information content (AvgIpc) is 3.07. The number of H-pyrrole nitrogens is 1. The number of pyridine rings is 1. The second-order valence-electron chi connectivity index (χ2n) is 12.8. The summed E-state index contributed by atoms with van der Waals surface area (Å²) in [5.74, 6) is 1.87. The Labute approximate surface area is 270 Å². The number of carbonyl (C=O) groups is 1. The van der Waals surface area contributed by atoms with Crippen LogP contribution in [0.15, 0.2) is 77.6 Å². The summed E-state index contributed by atoms with van der Waals surface area (Å²) in [4.78, 5) is 31.8. The highest BCUT2D eigenvalue weighted by atomic mass is 16.5. The van der Waals surface area contributed by atoms with E-state index in [1.807, 2.05) is 18.2 Å². The van der Waals surface area contributed by atoms with Crippen molar-refractivity contribution in [1.82, 2.24) is 9.88 Å². The summed E-state index contributed by atoms with van der Waals surface area (Å²) in [6, 6.07) is 25.3. The fourth-order valence-corrected chi connectivity index (χ4v) is 6.89. The number of hydrogen-bond donors (Lipinski definition) is 2. The van der Waals surface area contributed by atoms with Crippen molar-refractivity contribution in [3.8, 4) is 22.8 Å². The van der Waals surface area contributed by atoms with Gasteiger partial charge in [-0.15, -0.1) is 0 Å². The summed E-state index contributed by atoms with van der Waals surface area (Å²) in [7, 11) is 0. The van der Waals surface area contributed by atoms with Gasteiger partial charge < -0.3 is 29.6 Å². The number of morpholine rings is 1. The van der Waals surface area contributed by atoms with E-state index in [2.05, 4.69) is 68.6 Å². The Morgan fingerprint density at radius 3 is 2.48 bits per heavy atom. The van der Waals surface area contributed by atoms with Crippen LogP contribution in [-0.2, 0) is 28.8 Å². The molecule has 2 saturated heterocycles. The van der Waals surface area contributed by atoms with Crippen LogP contribution in [0.4, 0.5) is 11.4 Å². The Morgan fingerprint density at radius 1 is 0.913 bits per heavy atom. The number of nitrogens with one attached hydrogen (secondary N) is 2. The third-order valence-corrected chi connectivity index (χ3v) is 9.40. The van der Waals surface area contributed by atoms with Gasteiger partial charge in [-0.1, -0.05) is 36.4 Å². The highest BCUT2D eigenvalue weighted by Crippen LogP contribution is 2.43. The number of carbonyl (C=O) groups excluding carboxylic acids is 1. The summed E-state index contributed by atoms with van der Waals surface area (Å²) in [6.07, 6.45) is 4.54. The van der Waals surface area contributed by atoms with Gasteiger partial charge in [0.2, 0.25) is 5.56 Å². The largest absolute Gasteiger partial charge is 0.456 e. The van der Waals surface area contributed by atoms with Crippen molar-refractivity contribution < 1.29 is 14.3 Å². The summed E-state index contributed by atoms with van der Waals surface area (Å²) in [5.41, 5.74) is 8.28. The lowest BCUT2D eigenvalue weighted by Crippen LogP contribution is -2.40. The first kappa shape index (κ1) is 30.3. The fourth-order valence-electron chi connectivity index (χ4n) is 6.89. The topological polar surface area (TPSA) is 86.9 Å². The molecule has 2 fully saturated rings. The van der Waals surface area contributed by atoms with Gasteiger partial charge in [0.05, 0.1) is 18.9 Å². The number of ether oxygens (including phenoxy) is 2. The number of aromatic amines is 1. The van der Waals surface area contributed by atoms with Crippen molar-refractivity contribution in [1.29, 1.82) is 0 Å². The second kappa shape index (κ2) is 13.5. The normalized spacial score (nSPS) is 16.8. The molecule has 3 aliphatic rings. The summed E-state index contributed by atoms with van der Waals surface area (Å²) < 4.78 is 12.0. The molecule has 0 bridgehead atoms. The molecule has 8 heteroatoms. The summed E-state index contributed by atoms with van der Waals surface area (Å²) in [6.45, 7) is 7.74. The van der Waals surface area contributed by atoms with Gasteiger partial charge in [-0.3, -0.25) is 9.59 Å². The van der Waals surface area contributed by atoms with Crippen LogP contribution < -0.4 is 20.5 Å². The van der Waals surface area contributed by atoms with Crippen LogP contribution in [-0.4, -0.2) is 67.6 Å². The Hall–Kier alpha value is -4.40. The van der Waals surface area contributed by atoms with Crippen molar-refractivity contribution in [2.24, 2.45) is 0 Å². The molecule has 238 valence electrons. The number of fused-ring (bicyclic) bond motifs is 2. The van der Waals surface area contributed by atoms with Gasteiger partial charge in [-0.25, -0.2) is 0 Å². The molecule has 0 atom stereocenters. The monoisotopic (exact) mass is 618 g/mol. The molecule has 2 N–H and O–H groups in total. The Kier molecular flexibility index (Phi) is 8.90. The number of ketones is 1. The zero-order chi connectivity index (χ0) is 31.5. The van der Waals surface area contributed by atoms with Gasteiger partial charge in [0.25, 0.3) is 0 Å². The summed E-state index contributed by atoms with van der Waals surface area (Å²) >= 11 is 0. The van der Waals surface area contributed by atoms with Crippen molar-refractivity contribution in [2.75, 3.05) is 56.2 Å². The fraction of sp³-hybridized carbons (Fsp3) is 0.368. The number of Topliss-reactive ketones (excluding diaryl/α,β-unsaturated/α-hetero) is 1. The van der Waals surface area contributed by atoms with Gasteiger partial charge in [-0.05, 0) is 73.2 Å². The van der Waals surface area contributed by atoms with Crippen LogP contribution >= 0.6 is 0 Å². The van der Waals surface area contributed by atoms with Gasteiger partial charge in [0.1, 0.15) is 17.3 Å². The van der Waals surface area contributed by atoms with E-state index < -0.39 is 0 Å². The summed E-state index contributed by atoms with van der Waals surface area (Å²) in [5, 5.41) is 3.79. The maximum absolute atomic E-state index is 12.7. The van der Waals surface area contributed by atoms with Crippen molar-refractivity contribution in [3.05, 3.63) is 105 Å². The third kappa shape index (κ3) is 7.03. The van der Waals surface area contributed by atoms with Crippen LogP contribution in [0.5, 0.6) is 11.5 Å². The molecular formula is C38H42N4O4. The number of rotatable bonds is 9. The minimum atomic E-state index is -0.119. The quantitative estimate of drug-likeness (QED) is 0.215.